The van der Waals surface area contributed by atoms with E-state index < -0.39 is 15.8 Å². The van der Waals surface area contributed by atoms with E-state index >= 15 is 0 Å². The molecule has 0 amide bonds. The van der Waals surface area contributed by atoms with Crippen LogP contribution in [0.4, 0.5) is 5.69 Å². The summed E-state index contributed by atoms with van der Waals surface area (Å²) in [7, 11) is -2.36. The molecule has 0 atom stereocenters. The Morgan fingerprint density at radius 3 is 2.37 bits per heavy atom. The van der Waals surface area contributed by atoms with E-state index in [0.717, 1.165) is 5.56 Å². The van der Waals surface area contributed by atoms with Crippen molar-refractivity contribution in [1.29, 1.82) is 0 Å². The molecule has 0 unspecified atom stereocenters. The molecule has 0 saturated heterocycles. The Morgan fingerprint density at radius 1 is 1.07 bits per heavy atom. The first-order chi connectivity index (χ1) is 14.3. The van der Waals surface area contributed by atoms with Crippen LogP contribution >= 0.6 is 0 Å². The van der Waals surface area contributed by atoms with Crippen LogP contribution in [0.2, 0.25) is 0 Å². The number of rotatable bonds is 7. The zero-order valence-electron chi connectivity index (χ0n) is 16.8. The maximum atomic E-state index is 13.1. The van der Waals surface area contributed by atoms with Gasteiger partial charge in [0.25, 0.3) is 0 Å². The number of pyridine rings is 1. The van der Waals surface area contributed by atoms with Crippen LogP contribution < -0.4 is 10.1 Å². The molecule has 30 heavy (non-hydrogen) atoms. The van der Waals surface area contributed by atoms with Crippen LogP contribution in [0.5, 0.6) is 5.75 Å². The number of aryl methyl sites for hydroxylation is 2. The van der Waals surface area contributed by atoms with E-state index in [9.17, 15) is 18.3 Å². The smallest absolute Gasteiger partial charge is 0.338 e. The van der Waals surface area contributed by atoms with Crippen LogP contribution in [0.25, 0.3) is 0 Å². The third-order valence-electron chi connectivity index (χ3n) is 4.77. The molecule has 0 aliphatic heterocycles. The highest BCUT2D eigenvalue weighted by atomic mass is 32.2. The van der Waals surface area contributed by atoms with Gasteiger partial charge >= 0.3 is 5.97 Å². The summed E-state index contributed by atoms with van der Waals surface area (Å²) >= 11 is 0. The van der Waals surface area contributed by atoms with Crippen LogP contribution in [0, 0.1) is 13.8 Å². The van der Waals surface area contributed by atoms with Gasteiger partial charge in [0.1, 0.15) is 5.75 Å². The van der Waals surface area contributed by atoms with Crippen molar-refractivity contribution in [3.63, 3.8) is 0 Å². The van der Waals surface area contributed by atoms with Crippen molar-refractivity contribution < 1.29 is 23.1 Å². The fourth-order valence-corrected chi connectivity index (χ4v) is 4.57. The van der Waals surface area contributed by atoms with Crippen LogP contribution in [-0.4, -0.2) is 31.6 Å². The maximum Gasteiger partial charge on any atom is 0.338 e. The van der Waals surface area contributed by atoms with E-state index in [1.54, 1.807) is 44.2 Å². The number of aromatic carboxylic acids is 1. The number of nitrogens with one attached hydrogen (secondary N) is 1. The second-order valence-electron chi connectivity index (χ2n) is 6.75. The summed E-state index contributed by atoms with van der Waals surface area (Å²) in [5.74, 6) is -0.496. The fraction of sp³-hybridized carbons (Fsp3) is 0.182. The number of ether oxygens (including phenoxy) is 1. The van der Waals surface area contributed by atoms with Crippen molar-refractivity contribution in [2.45, 2.75) is 30.3 Å². The fourth-order valence-electron chi connectivity index (χ4n) is 3.17. The van der Waals surface area contributed by atoms with Crippen molar-refractivity contribution >= 4 is 21.5 Å². The van der Waals surface area contributed by atoms with E-state index in [4.69, 9.17) is 4.74 Å². The number of aromatic nitrogens is 1. The molecule has 0 bridgehead atoms. The number of carboxylic acids is 1. The lowest BCUT2D eigenvalue weighted by molar-refractivity contribution is 0.0697. The third kappa shape index (κ3) is 4.13. The largest absolute Gasteiger partial charge is 0.497 e. The van der Waals surface area contributed by atoms with Gasteiger partial charge in [-0.3, -0.25) is 0 Å². The van der Waals surface area contributed by atoms with Crippen LogP contribution in [-0.2, 0) is 16.4 Å². The first-order valence-electron chi connectivity index (χ1n) is 9.16. The second kappa shape index (κ2) is 8.54. The number of hydrogen-bond donors (Lipinski definition) is 2. The normalized spacial score (nSPS) is 11.2. The zero-order valence-corrected chi connectivity index (χ0v) is 17.7. The molecule has 1 heterocycles. The summed E-state index contributed by atoms with van der Waals surface area (Å²) in [5.41, 5.74) is 2.43. The highest BCUT2D eigenvalue weighted by Gasteiger charge is 2.23. The predicted molar refractivity (Wildman–Crippen MR) is 113 cm³/mol. The van der Waals surface area contributed by atoms with Gasteiger partial charge < -0.3 is 15.2 Å². The van der Waals surface area contributed by atoms with Gasteiger partial charge in [-0.15, -0.1) is 0 Å². The lowest BCUT2D eigenvalue weighted by Gasteiger charge is -2.16. The van der Waals surface area contributed by atoms with Crippen molar-refractivity contribution in [1.82, 2.24) is 4.98 Å². The Balaban J connectivity index is 1.97. The molecule has 0 spiro atoms. The molecule has 156 valence electrons. The minimum Gasteiger partial charge on any atom is -0.497 e. The van der Waals surface area contributed by atoms with Gasteiger partial charge in [0, 0.05) is 18.3 Å². The third-order valence-corrected chi connectivity index (χ3v) is 6.54. The number of hydrogen-bond acceptors (Lipinski definition) is 6. The highest BCUT2D eigenvalue weighted by Crippen LogP contribution is 2.27. The van der Waals surface area contributed by atoms with Crippen LogP contribution in [0.3, 0.4) is 0 Å². The average Bonchev–Trinajstić information content (AvgIpc) is 2.74. The monoisotopic (exact) mass is 426 g/mol. The van der Waals surface area contributed by atoms with E-state index in [0.29, 0.717) is 22.6 Å². The predicted octanol–water partition coefficient (Wildman–Crippen LogP) is 3.85. The molecule has 8 heteroatoms. The Labute approximate surface area is 175 Å². The van der Waals surface area contributed by atoms with Crippen LogP contribution in [0.1, 0.15) is 27.0 Å². The quantitative estimate of drug-likeness (QED) is 0.591. The molecule has 7 nitrogen and oxygen atoms in total. The first-order valence-corrected chi connectivity index (χ1v) is 10.6. The highest BCUT2D eigenvalue weighted by molar-refractivity contribution is 7.91. The van der Waals surface area contributed by atoms with Gasteiger partial charge in [-0.25, -0.2) is 18.2 Å². The molecule has 0 saturated carbocycles. The molecule has 1 aromatic heterocycles. The molecular weight excluding hydrogens is 404 g/mol. The van der Waals surface area contributed by atoms with Gasteiger partial charge in [-0.2, -0.15) is 0 Å². The number of carbonyl (C=O) groups is 1. The van der Waals surface area contributed by atoms with Gasteiger partial charge in [0.05, 0.1) is 23.3 Å². The summed E-state index contributed by atoms with van der Waals surface area (Å²) < 4.78 is 31.4. The first kappa shape index (κ1) is 21.3. The van der Waals surface area contributed by atoms with Gasteiger partial charge in [-0.05, 0) is 55.3 Å². The average molecular weight is 426 g/mol. The molecule has 0 fully saturated rings. The molecule has 0 radical (unpaired) electrons. The molecule has 0 aliphatic rings. The number of methoxy groups -OCH3 is 1. The molecule has 3 rings (SSSR count). The SMILES string of the molecule is COc1ccc(S(=O)(=O)c2ncccc2CNc2c(C)ccc(C)c2C(=O)O)cc1. The van der Waals surface area contributed by atoms with Crippen molar-refractivity contribution in [3.05, 3.63) is 77.0 Å². The minimum atomic E-state index is -3.87. The lowest BCUT2D eigenvalue weighted by atomic mass is 10.0. The van der Waals surface area contributed by atoms with Crippen molar-refractivity contribution in [2.24, 2.45) is 0 Å². The van der Waals surface area contributed by atoms with Gasteiger partial charge in [0.2, 0.25) is 9.84 Å². The number of benzene rings is 2. The van der Waals surface area contributed by atoms with E-state index in [-0.39, 0.29) is 22.0 Å². The van der Waals surface area contributed by atoms with Gasteiger partial charge in [-0.1, -0.05) is 18.2 Å². The number of nitrogens with zero attached hydrogens (tertiary/aromatic N) is 1. The van der Waals surface area contributed by atoms with E-state index in [2.05, 4.69) is 10.3 Å². The Bertz CT molecular complexity index is 1190. The van der Waals surface area contributed by atoms with Gasteiger partial charge in [0.15, 0.2) is 5.03 Å². The topological polar surface area (TPSA) is 106 Å². The molecular formula is C22H22N2O5S. The van der Waals surface area contributed by atoms with Crippen LogP contribution in [0.15, 0.2) is 64.6 Å². The number of sulfone groups is 1. The second-order valence-corrected chi connectivity index (χ2v) is 8.62. The van der Waals surface area contributed by atoms with Crippen molar-refractivity contribution in [2.75, 3.05) is 12.4 Å². The Morgan fingerprint density at radius 2 is 1.73 bits per heavy atom. The minimum absolute atomic E-state index is 0.0788. The Kier molecular flexibility index (Phi) is 6.07. The summed E-state index contributed by atoms with van der Waals surface area (Å²) in [6.07, 6.45) is 1.42. The number of anilines is 1. The lowest BCUT2D eigenvalue weighted by Crippen LogP contribution is -2.13. The maximum absolute atomic E-state index is 13.1. The summed E-state index contributed by atoms with van der Waals surface area (Å²) in [6, 6.07) is 12.9. The summed E-state index contributed by atoms with van der Waals surface area (Å²) in [6.45, 7) is 3.62. The standard InChI is InChI=1S/C22H22N2O5S/c1-14-6-7-15(2)20(19(14)22(25)26)24-13-16-5-4-12-23-21(16)30(27,28)18-10-8-17(29-3)9-11-18/h4-12,24H,13H2,1-3H3,(H,25,26). The zero-order chi connectivity index (χ0) is 21.9. The van der Waals surface area contributed by atoms with E-state index in [1.807, 2.05) is 6.07 Å². The molecule has 2 N–H and O–H groups in total. The van der Waals surface area contributed by atoms with E-state index in [1.165, 1.54) is 25.4 Å². The number of carboxylic acid groups (broad SMARTS) is 1. The summed E-state index contributed by atoms with van der Waals surface area (Å²) in [5, 5.41) is 12.6. The molecule has 2 aromatic carbocycles. The molecule has 0 aliphatic carbocycles. The summed E-state index contributed by atoms with van der Waals surface area (Å²) in [4.78, 5) is 15.9. The van der Waals surface area contributed by atoms with Crippen molar-refractivity contribution in [3.8, 4) is 5.75 Å². The molecule has 3 aromatic rings. The Hall–Kier alpha value is -3.39.